The molecule has 0 bridgehead atoms. The van der Waals surface area contributed by atoms with Crippen LogP contribution in [0.25, 0.3) is 12.2 Å². The Kier molecular flexibility index (Phi) is 6.50. The van der Waals surface area contributed by atoms with Gasteiger partial charge in [0, 0.05) is 30.7 Å². The SMILES string of the molecule is CCC(=O)N1C/C(=C/c2ccc(OC)cc2)C(=O)/C(=C/c2ccc(OC)cc2)C1. The molecule has 0 radical (unpaired) electrons. The monoisotopic (exact) mass is 391 g/mol. The lowest BCUT2D eigenvalue weighted by molar-refractivity contribution is -0.131. The summed E-state index contributed by atoms with van der Waals surface area (Å²) in [6.45, 7) is 2.47. The summed E-state index contributed by atoms with van der Waals surface area (Å²) in [5.41, 5.74) is 2.98. The Labute approximate surface area is 171 Å². The predicted molar refractivity (Wildman–Crippen MR) is 114 cm³/mol. The van der Waals surface area contributed by atoms with Gasteiger partial charge in [-0.15, -0.1) is 0 Å². The average Bonchev–Trinajstić information content (AvgIpc) is 2.76. The lowest BCUT2D eigenvalue weighted by Crippen LogP contribution is -2.41. The number of ketones is 1. The summed E-state index contributed by atoms with van der Waals surface area (Å²) < 4.78 is 10.4. The number of hydrogen-bond donors (Lipinski definition) is 0. The molecule has 0 unspecified atom stereocenters. The second-order valence-electron chi connectivity index (χ2n) is 6.82. The number of methoxy groups -OCH3 is 2. The minimum atomic E-state index is -0.0308. The van der Waals surface area contributed by atoms with Crippen LogP contribution in [0.4, 0.5) is 0 Å². The molecule has 2 aromatic carbocycles. The van der Waals surface area contributed by atoms with Crippen LogP contribution < -0.4 is 9.47 Å². The molecule has 1 fully saturated rings. The van der Waals surface area contributed by atoms with Crippen LogP contribution in [0.5, 0.6) is 11.5 Å². The molecule has 3 rings (SSSR count). The first kappa shape index (κ1) is 20.4. The molecule has 0 N–H and O–H groups in total. The van der Waals surface area contributed by atoms with Gasteiger partial charge in [0.15, 0.2) is 5.78 Å². The van der Waals surface area contributed by atoms with Gasteiger partial charge < -0.3 is 14.4 Å². The number of hydrogen-bond acceptors (Lipinski definition) is 4. The van der Waals surface area contributed by atoms with Crippen molar-refractivity contribution in [1.82, 2.24) is 4.90 Å². The van der Waals surface area contributed by atoms with E-state index >= 15 is 0 Å². The highest BCUT2D eigenvalue weighted by atomic mass is 16.5. The molecule has 29 heavy (non-hydrogen) atoms. The van der Waals surface area contributed by atoms with Gasteiger partial charge >= 0.3 is 0 Å². The van der Waals surface area contributed by atoms with Crippen molar-refractivity contribution >= 4 is 23.8 Å². The standard InChI is InChI=1S/C24H25NO4/c1-4-23(26)25-15-19(13-17-5-9-21(28-2)10-6-17)24(27)20(16-25)14-18-7-11-22(29-3)12-8-18/h5-14H,4,15-16H2,1-3H3/b19-13-,20-14+. The summed E-state index contributed by atoms with van der Waals surface area (Å²) in [7, 11) is 3.23. The lowest BCUT2D eigenvalue weighted by Gasteiger charge is -2.29. The number of carbonyl (C=O) groups is 2. The van der Waals surface area contributed by atoms with Crippen LogP contribution in [0, 0.1) is 0 Å². The highest BCUT2D eigenvalue weighted by Gasteiger charge is 2.28. The maximum atomic E-state index is 13.1. The van der Waals surface area contributed by atoms with E-state index in [1.54, 1.807) is 19.1 Å². The average molecular weight is 391 g/mol. The highest BCUT2D eigenvalue weighted by molar-refractivity contribution is 6.15. The first-order valence-corrected chi connectivity index (χ1v) is 9.55. The van der Waals surface area contributed by atoms with E-state index in [9.17, 15) is 9.59 Å². The number of ether oxygens (including phenoxy) is 2. The number of piperidine rings is 1. The van der Waals surface area contributed by atoms with Crippen molar-refractivity contribution in [3.05, 3.63) is 70.8 Å². The molecule has 5 nitrogen and oxygen atoms in total. The highest BCUT2D eigenvalue weighted by Crippen LogP contribution is 2.24. The van der Waals surface area contributed by atoms with Crippen LogP contribution in [0.3, 0.4) is 0 Å². The van der Waals surface area contributed by atoms with Crippen LogP contribution in [-0.4, -0.2) is 43.9 Å². The van der Waals surface area contributed by atoms with E-state index in [0.717, 1.165) is 22.6 Å². The number of nitrogens with zero attached hydrogens (tertiary/aromatic N) is 1. The Morgan fingerprint density at radius 1 is 0.862 bits per heavy atom. The number of benzene rings is 2. The van der Waals surface area contributed by atoms with Crippen molar-refractivity contribution in [3.63, 3.8) is 0 Å². The molecule has 1 saturated heterocycles. The Morgan fingerprint density at radius 3 is 1.62 bits per heavy atom. The first-order chi connectivity index (χ1) is 14.0. The van der Waals surface area contributed by atoms with Gasteiger partial charge in [-0.25, -0.2) is 0 Å². The van der Waals surface area contributed by atoms with E-state index in [2.05, 4.69) is 0 Å². The lowest BCUT2D eigenvalue weighted by atomic mass is 9.94. The minimum absolute atomic E-state index is 0.0266. The summed E-state index contributed by atoms with van der Waals surface area (Å²) in [5, 5.41) is 0. The molecule has 0 aliphatic carbocycles. The van der Waals surface area contributed by atoms with E-state index < -0.39 is 0 Å². The molecule has 1 aliphatic heterocycles. The van der Waals surface area contributed by atoms with Crippen LogP contribution in [0.1, 0.15) is 24.5 Å². The van der Waals surface area contributed by atoms with Gasteiger partial charge in [0.05, 0.1) is 14.2 Å². The van der Waals surface area contributed by atoms with Crippen molar-refractivity contribution in [2.75, 3.05) is 27.3 Å². The zero-order valence-corrected chi connectivity index (χ0v) is 17.0. The van der Waals surface area contributed by atoms with Gasteiger partial charge in [-0.3, -0.25) is 9.59 Å². The Balaban J connectivity index is 1.94. The first-order valence-electron chi connectivity index (χ1n) is 9.55. The summed E-state index contributed by atoms with van der Waals surface area (Å²) in [5.74, 6) is 1.51. The van der Waals surface area contributed by atoms with Crippen LogP contribution >= 0.6 is 0 Å². The van der Waals surface area contributed by atoms with Gasteiger partial charge in [0.1, 0.15) is 11.5 Å². The van der Waals surface area contributed by atoms with E-state index in [1.165, 1.54) is 0 Å². The fourth-order valence-electron chi connectivity index (χ4n) is 3.24. The Bertz CT molecular complexity index is 870. The van der Waals surface area contributed by atoms with E-state index in [-0.39, 0.29) is 11.7 Å². The molecule has 150 valence electrons. The van der Waals surface area contributed by atoms with Gasteiger partial charge in [0.2, 0.25) is 5.91 Å². The van der Waals surface area contributed by atoms with Crippen molar-refractivity contribution in [2.45, 2.75) is 13.3 Å². The summed E-state index contributed by atoms with van der Waals surface area (Å²) in [4.78, 5) is 27.2. The zero-order valence-electron chi connectivity index (χ0n) is 17.0. The largest absolute Gasteiger partial charge is 0.497 e. The molecule has 0 spiro atoms. The number of carbonyl (C=O) groups excluding carboxylic acids is 2. The fourth-order valence-corrected chi connectivity index (χ4v) is 3.24. The Morgan fingerprint density at radius 2 is 1.28 bits per heavy atom. The van der Waals surface area contributed by atoms with E-state index in [0.29, 0.717) is 30.7 Å². The summed E-state index contributed by atoms with van der Waals surface area (Å²) in [6, 6.07) is 15.0. The molecule has 1 heterocycles. The number of likely N-dealkylation sites (tertiary alicyclic amines) is 1. The summed E-state index contributed by atoms with van der Waals surface area (Å²) >= 11 is 0. The molecule has 5 heteroatoms. The van der Waals surface area contributed by atoms with Crippen molar-refractivity contribution in [2.24, 2.45) is 0 Å². The third-order valence-electron chi connectivity index (χ3n) is 4.87. The zero-order chi connectivity index (χ0) is 20.8. The van der Waals surface area contributed by atoms with Crippen molar-refractivity contribution in [1.29, 1.82) is 0 Å². The van der Waals surface area contributed by atoms with Gasteiger partial charge in [-0.2, -0.15) is 0 Å². The number of amides is 1. The molecule has 1 aliphatic rings. The fraction of sp³-hybridized carbons (Fsp3) is 0.250. The molecule has 2 aromatic rings. The normalized spacial score (nSPS) is 16.9. The molecular formula is C24H25NO4. The molecule has 0 saturated carbocycles. The molecule has 0 aromatic heterocycles. The smallest absolute Gasteiger partial charge is 0.222 e. The van der Waals surface area contributed by atoms with E-state index in [4.69, 9.17) is 9.47 Å². The molecular weight excluding hydrogens is 366 g/mol. The minimum Gasteiger partial charge on any atom is -0.497 e. The maximum absolute atomic E-state index is 13.1. The van der Waals surface area contributed by atoms with Crippen LogP contribution in [0.2, 0.25) is 0 Å². The quantitative estimate of drug-likeness (QED) is 0.723. The predicted octanol–water partition coefficient (Wildman–Crippen LogP) is 3.99. The summed E-state index contributed by atoms with van der Waals surface area (Å²) in [6.07, 6.45) is 4.09. The molecule has 0 atom stereocenters. The Hall–Kier alpha value is -3.34. The second kappa shape index (κ2) is 9.24. The van der Waals surface area contributed by atoms with Crippen LogP contribution in [0.15, 0.2) is 59.7 Å². The number of Topliss-reactive ketones (excluding diaryl/α,β-unsaturated/α-hetero) is 1. The van der Waals surface area contributed by atoms with E-state index in [1.807, 2.05) is 67.6 Å². The van der Waals surface area contributed by atoms with Crippen molar-refractivity contribution < 1.29 is 19.1 Å². The number of rotatable bonds is 5. The van der Waals surface area contributed by atoms with Crippen molar-refractivity contribution in [3.8, 4) is 11.5 Å². The maximum Gasteiger partial charge on any atom is 0.222 e. The van der Waals surface area contributed by atoms with Gasteiger partial charge in [0.25, 0.3) is 0 Å². The topological polar surface area (TPSA) is 55.8 Å². The third kappa shape index (κ3) is 4.93. The van der Waals surface area contributed by atoms with Crippen LogP contribution in [-0.2, 0) is 9.59 Å². The van der Waals surface area contributed by atoms with Gasteiger partial charge in [-0.1, -0.05) is 31.2 Å². The van der Waals surface area contributed by atoms with Gasteiger partial charge in [-0.05, 0) is 47.5 Å². The molecule has 1 amide bonds. The second-order valence-corrected chi connectivity index (χ2v) is 6.82. The third-order valence-corrected chi connectivity index (χ3v) is 4.87.